The Morgan fingerprint density at radius 2 is 2.14 bits per heavy atom. The second-order valence-electron chi connectivity index (χ2n) is 5.01. The summed E-state index contributed by atoms with van der Waals surface area (Å²) in [7, 11) is -3.58. The Kier molecular flexibility index (Phi) is 4.81. The molecule has 0 unspecified atom stereocenters. The van der Waals surface area contributed by atoms with E-state index in [0.717, 1.165) is 5.56 Å². The monoisotopic (exact) mass is 326 g/mol. The molecule has 0 saturated carbocycles. The van der Waals surface area contributed by atoms with Gasteiger partial charge in [-0.2, -0.15) is 13.1 Å². The van der Waals surface area contributed by atoms with Crippen LogP contribution in [0.5, 0.6) is 0 Å². The molecule has 0 bridgehead atoms. The van der Waals surface area contributed by atoms with Crippen LogP contribution in [0.2, 0.25) is 0 Å². The van der Waals surface area contributed by atoms with Crippen molar-refractivity contribution in [3.63, 3.8) is 0 Å². The molecule has 0 aliphatic carbocycles. The van der Waals surface area contributed by atoms with E-state index in [4.69, 9.17) is 5.73 Å². The topological polar surface area (TPSA) is 97.1 Å². The van der Waals surface area contributed by atoms with Crippen LogP contribution >= 0.6 is 11.3 Å². The lowest BCUT2D eigenvalue weighted by molar-refractivity contribution is 0.565. The number of anilines is 2. The zero-order valence-electron chi connectivity index (χ0n) is 11.8. The average Bonchev–Trinajstić information content (AvgIpc) is 2.84. The molecule has 2 aromatic rings. The summed E-state index contributed by atoms with van der Waals surface area (Å²) >= 11 is 1.23. The SMILES string of the molecule is CC(C)CNS(=O)(=O)Nc1nc(-c2cccc(N)c2)cs1. The van der Waals surface area contributed by atoms with Crippen molar-refractivity contribution in [2.75, 3.05) is 17.0 Å². The normalized spacial score (nSPS) is 11.8. The Balaban J connectivity index is 2.10. The molecule has 21 heavy (non-hydrogen) atoms. The van der Waals surface area contributed by atoms with Gasteiger partial charge in [0.25, 0.3) is 0 Å². The quantitative estimate of drug-likeness (QED) is 0.710. The fourth-order valence-corrected chi connectivity index (χ4v) is 3.56. The fourth-order valence-electron chi connectivity index (χ4n) is 1.58. The molecular weight excluding hydrogens is 308 g/mol. The summed E-state index contributed by atoms with van der Waals surface area (Å²) in [5.74, 6) is 0.237. The predicted octanol–water partition coefficient (Wildman–Crippen LogP) is 2.29. The van der Waals surface area contributed by atoms with E-state index in [-0.39, 0.29) is 5.92 Å². The van der Waals surface area contributed by atoms with Crippen molar-refractivity contribution in [3.8, 4) is 11.3 Å². The Hall–Kier alpha value is -1.64. The minimum Gasteiger partial charge on any atom is -0.399 e. The summed E-state index contributed by atoms with van der Waals surface area (Å²) in [6.45, 7) is 4.25. The summed E-state index contributed by atoms with van der Waals surface area (Å²) in [5, 5.41) is 2.11. The highest BCUT2D eigenvalue weighted by Gasteiger charge is 2.13. The minimum absolute atomic E-state index is 0.237. The highest BCUT2D eigenvalue weighted by molar-refractivity contribution is 7.91. The van der Waals surface area contributed by atoms with Gasteiger partial charge >= 0.3 is 10.2 Å². The number of hydrogen-bond acceptors (Lipinski definition) is 5. The van der Waals surface area contributed by atoms with Gasteiger partial charge in [-0.3, -0.25) is 0 Å². The van der Waals surface area contributed by atoms with E-state index in [9.17, 15) is 8.42 Å². The van der Waals surface area contributed by atoms with Crippen LogP contribution < -0.4 is 15.2 Å². The molecule has 4 N–H and O–H groups in total. The number of rotatable bonds is 6. The molecule has 0 saturated heterocycles. The molecule has 0 radical (unpaired) electrons. The maximum atomic E-state index is 11.8. The highest BCUT2D eigenvalue weighted by atomic mass is 32.2. The number of hydrogen-bond donors (Lipinski definition) is 3. The zero-order valence-corrected chi connectivity index (χ0v) is 13.5. The first-order chi connectivity index (χ1) is 9.85. The zero-order chi connectivity index (χ0) is 15.5. The largest absolute Gasteiger partial charge is 0.399 e. The van der Waals surface area contributed by atoms with Gasteiger partial charge in [0, 0.05) is 23.2 Å². The third kappa shape index (κ3) is 4.69. The third-order valence-corrected chi connectivity index (χ3v) is 4.49. The average molecular weight is 326 g/mol. The molecule has 0 aliphatic heterocycles. The maximum Gasteiger partial charge on any atom is 0.300 e. The van der Waals surface area contributed by atoms with E-state index in [1.54, 1.807) is 17.5 Å². The molecule has 1 heterocycles. The van der Waals surface area contributed by atoms with Crippen LogP contribution in [0.25, 0.3) is 11.3 Å². The van der Waals surface area contributed by atoms with Gasteiger partial charge in [0.1, 0.15) is 0 Å². The lowest BCUT2D eigenvalue weighted by atomic mass is 10.1. The summed E-state index contributed by atoms with van der Waals surface area (Å²) in [6.07, 6.45) is 0. The molecule has 6 nitrogen and oxygen atoms in total. The molecule has 8 heteroatoms. The Labute approximate surface area is 128 Å². The van der Waals surface area contributed by atoms with Crippen molar-refractivity contribution in [3.05, 3.63) is 29.6 Å². The minimum atomic E-state index is -3.58. The number of thiazole rings is 1. The maximum absolute atomic E-state index is 11.8. The summed E-state index contributed by atoms with van der Waals surface area (Å²) in [5.41, 5.74) is 7.91. The van der Waals surface area contributed by atoms with Crippen LogP contribution in [-0.2, 0) is 10.2 Å². The van der Waals surface area contributed by atoms with Gasteiger partial charge in [-0.1, -0.05) is 26.0 Å². The van der Waals surface area contributed by atoms with Crippen molar-refractivity contribution >= 4 is 32.4 Å². The first-order valence-electron chi connectivity index (χ1n) is 6.44. The molecule has 0 aliphatic rings. The molecule has 2 rings (SSSR count). The van der Waals surface area contributed by atoms with E-state index in [1.165, 1.54) is 11.3 Å². The summed E-state index contributed by atoms with van der Waals surface area (Å²) in [6, 6.07) is 7.29. The number of nitrogen functional groups attached to an aromatic ring is 1. The van der Waals surface area contributed by atoms with Crippen molar-refractivity contribution < 1.29 is 8.42 Å². The molecule has 0 amide bonds. The summed E-state index contributed by atoms with van der Waals surface area (Å²) < 4.78 is 28.5. The molecule has 0 atom stereocenters. The van der Waals surface area contributed by atoms with Gasteiger partial charge in [-0.05, 0) is 18.1 Å². The first-order valence-corrected chi connectivity index (χ1v) is 8.81. The number of aromatic nitrogens is 1. The van der Waals surface area contributed by atoms with Gasteiger partial charge in [0.2, 0.25) is 0 Å². The molecule has 114 valence electrons. The Morgan fingerprint density at radius 1 is 1.38 bits per heavy atom. The van der Waals surface area contributed by atoms with Crippen LogP contribution in [0.15, 0.2) is 29.6 Å². The summed E-state index contributed by atoms with van der Waals surface area (Å²) in [4.78, 5) is 4.27. The first kappa shape index (κ1) is 15.7. The van der Waals surface area contributed by atoms with E-state index >= 15 is 0 Å². The van der Waals surface area contributed by atoms with E-state index < -0.39 is 10.2 Å². The smallest absolute Gasteiger partial charge is 0.300 e. The second-order valence-corrected chi connectivity index (χ2v) is 7.37. The van der Waals surface area contributed by atoms with E-state index in [1.807, 2.05) is 26.0 Å². The fraction of sp³-hybridized carbons (Fsp3) is 0.308. The number of nitrogens with zero attached hydrogens (tertiary/aromatic N) is 1. The van der Waals surface area contributed by atoms with Gasteiger partial charge in [0.05, 0.1) is 5.69 Å². The standard InChI is InChI=1S/C13H18N4O2S2/c1-9(2)7-15-21(18,19)17-13-16-12(8-20-13)10-4-3-5-11(14)6-10/h3-6,8-9,15H,7,14H2,1-2H3,(H,16,17). The van der Waals surface area contributed by atoms with Crippen LogP contribution in [0, 0.1) is 5.92 Å². The van der Waals surface area contributed by atoms with E-state index in [2.05, 4.69) is 14.4 Å². The predicted molar refractivity (Wildman–Crippen MR) is 87.3 cm³/mol. The van der Waals surface area contributed by atoms with Crippen LogP contribution in [0.1, 0.15) is 13.8 Å². The number of benzene rings is 1. The highest BCUT2D eigenvalue weighted by Crippen LogP contribution is 2.26. The molecular formula is C13H18N4O2S2. The van der Waals surface area contributed by atoms with Crippen LogP contribution in [-0.4, -0.2) is 19.9 Å². The number of nitrogens with two attached hydrogens (primary N) is 1. The van der Waals surface area contributed by atoms with Crippen molar-refractivity contribution in [2.24, 2.45) is 5.92 Å². The van der Waals surface area contributed by atoms with E-state index in [0.29, 0.717) is 23.1 Å². The van der Waals surface area contributed by atoms with Crippen molar-refractivity contribution in [1.29, 1.82) is 0 Å². The second kappa shape index (κ2) is 6.42. The Morgan fingerprint density at radius 3 is 2.81 bits per heavy atom. The van der Waals surface area contributed by atoms with Crippen molar-refractivity contribution in [1.82, 2.24) is 9.71 Å². The molecule has 1 aromatic heterocycles. The lowest BCUT2D eigenvalue weighted by Crippen LogP contribution is -2.32. The molecule has 0 fully saturated rings. The Bertz CT molecular complexity index is 710. The lowest BCUT2D eigenvalue weighted by Gasteiger charge is -2.08. The van der Waals surface area contributed by atoms with Crippen molar-refractivity contribution in [2.45, 2.75) is 13.8 Å². The van der Waals surface area contributed by atoms with Crippen LogP contribution in [0.3, 0.4) is 0 Å². The number of nitrogens with one attached hydrogen (secondary N) is 2. The van der Waals surface area contributed by atoms with Gasteiger partial charge in [0.15, 0.2) is 5.13 Å². The van der Waals surface area contributed by atoms with Gasteiger partial charge in [-0.15, -0.1) is 11.3 Å². The molecule has 1 aromatic carbocycles. The van der Waals surface area contributed by atoms with Gasteiger partial charge < -0.3 is 5.73 Å². The van der Waals surface area contributed by atoms with Gasteiger partial charge in [-0.25, -0.2) is 9.71 Å². The third-order valence-electron chi connectivity index (χ3n) is 2.59. The molecule has 0 spiro atoms. The van der Waals surface area contributed by atoms with Crippen LogP contribution in [0.4, 0.5) is 10.8 Å².